The van der Waals surface area contributed by atoms with Crippen molar-refractivity contribution in [3.05, 3.63) is 39.8 Å². The predicted octanol–water partition coefficient (Wildman–Crippen LogP) is 3.31. The van der Waals surface area contributed by atoms with Crippen molar-refractivity contribution in [1.82, 2.24) is 0 Å². The number of carboxylic acid groups (broad SMARTS) is 1. The highest BCUT2D eigenvalue weighted by molar-refractivity contribution is 9.10. The van der Waals surface area contributed by atoms with E-state index in [4.69, 9.17) is 16.7 Å². The molecular weight excluding hydrogens is 281 g/mol. The van der Waals surface area contributed by atoms with Crippen molar-refractivity contribution in [2.24, 2.45) is 0 Å². The third-order valence-electron chi connectivity index (χ3n) is 1.63. The molecule has 1 rings (SSSR count). The van der Waals surface area contributed by atoms with Crippen molar-refractivity contribution in [3.63, 3.8) is 0 Å². The lowest BCUT2D eigenvalue weighted by atomic mass is 10.2. The first-order valence-corrected chi connectivity index (χ1v) is 5.27. The van der Waals surface area contributed by atoms with Crippen LogP contribution >= 0.6 is 27.5 Å². The maximum Gasteiger partial charge on any atom is 0.335 e. The number of carbonyl (C=O) groups is 1. The molecule has 1 aromatic carbocycles. The minimum atomic E-state index is -0.968. The van der Waals surface area contributed by atoms with Crippen molar-refractivity contribution in [2.45, 2.75) is 0 Å². The van der Waals surface area contributed by atoms with Crippen LogP contribution in [0, 0.1) is 0 Å². The largest absolute Gasteiger partial charge is 0.478 e. The van der Waals surface area contributed by atoms with Crippen LogP contribution in [-0.2, 0) is 0 Å². The number of aromatic carboxylic acids is 1. The summed E-state index contributed by atoms with van der Waals surface area (Å²) in [6.07, 6.45) is 0. The second-order valence-corrected chi connectivity index (χ2v) is 4.35. The van der Waals surface area contributed by atoms with Gasteiger partial charge in [0.2, 0.25) is 0 Å². The molecule has 0 aliphatic rings. The van der Waals surface area contributed by atoms with Crippen molar-refractivity contribution in [1.29, 1.82) is 0 Å². The first-order chi connectivity index (χ1) is 6.99. The molecule has 0 atom stereocenters. The Balaban J connectivity index is 2.88. The Labute approximate surface area is 101 Å². The molecule has 0 aliphatic heterocycles. The fraction of sp³-hybridized carbons (Fsp3) is 0.100. The Morgan fingerprint density at radius 3 is 2.73 bits per heavy atom. The summed E-state index contributed by atoms with van der Waals surface area (Å²) in [4.78, 5) is 10.8. The van der Waals surface area contributed by atoms with Gasteiger partial charge in [0.05, 0.1) is 12.1 Å². The molecule has 5 heteroatoms. The second kappa shape index (κ2) is 5.19. The number of carboxylic acids is 1. The summed E-state index contributed by atoms with van der Waals surface area (Å²) < 4.78 is 0.699. The molecule has 2 N–H and O–H groups in total. The van der Waals surface area contributed by atoms with Gasteiger partial charge >= 0.3 is 5.97 Å². The molecule has 0 bridgehead atoms. The maximum atomic E-state index is 10.8. The Bertz CT molecular complexity index is 406. The monoisotopic (exact) mass is 289 g/mol. The number of hydrogen-bond acceptors (Lipinski definition) is 2. The molecular formula is C10H9BrClNO2. The van der Waals surface area contributed by atoms with Gasteiger partial charge in [0.15, 0.2) is 0 Å². The summed E-state index contributed by atoms with van der Waals surface area (Å²) in [6, 6.07) is 4.84. The van der Waals surface area contributed by atoms with Gasteiger partial charge in [-0.1, -0.05) is 34.1 Å². The van der Waals surface area contributed by atoms with Crippen molar-refractivity contribution >= 4 is 39.2 Å². The van der Waals surface area contributed by atoms with Crippen molar-refractivity contribution < 1.29 is 9.90 Å². The van der Waals surface area contributed by atoms with Gasteiger partial charge in [-0.05, 0) is 18.2 Å². The Morgan fingerprint density at radius 1 is 1.53 bits per heavy atom. The summed E-state index contributed by atoms with van der Waals surface area (Å²) in [7, 11) is 0. The number of anilines is 1. The van der Waals surface area contributed by atoms with Gasteiger partial charge in [-0.2, -0.15) is 0 Å². The molecule has 0 fully saturated rings. The summed E-state index contributed by atoms with van der Waals surface area (Å²) in [5.74, 6) is -0.968. The van der Waals surface area contributed by atoms with Gasteiger partial charge < -0.3 is 10.4 Å². The van der Waals surface area contributed by atoms with Gasteiger partial charge in [0.25, 0.3) is 0 Å². The fourth-order valence-electron chi connectivity index (χ4n) is 1.01. The van der Waals surface area contributed by atoms with Crippen molar-refractivity contribution in [2.75, 3.05) is 11.9 Å². The van der Waals surface area contributed by atoms with Crippen LogP contribution in [0.4, 0.5) is 5.69 Å². The van der Waals surface area contributed by atoms with Gasteiger partial charge in [0, 0.05) is 15.2 Å². The zero-order valence-electron chi connectivity index (χ0n) is 7.76. The van der Waals surface area contributed by atoms with Crippen molar-refractivity contribution in [3.8, 4) is 0 Å². The topological polar surface area (TPSA) is 49.3 Å². The zero-order chi connectivity index (χ0) is 11.4. The molecule has 0 spiro atoms. The van der Waals surface area contributed by atoms with Crippen LogP contribution in [0.25, 0.3) is 0 Å². The number of halogens is 2. The SMILES string of the molecule is C=C(Cl)CNc1cc(Br)cc(C(=O)O)c1. The second-order valence-electron chi connectivity index (χ2n) is 2.90. The molecule has 0 amide bonds. The summed E-state index contributed by atoms with van der Waals surface area (Å²) in [6.45, 7) is 3.92. The predicted molar refractivity (Wildman–Crippen MR) is 64.6 cm³/mol. The molecule has 0 aromatic heterocycles. The lowest BCUT2D eigenvalue weighted by Gasteiger charge is -2.06. The Morgan fingerprint density at radius 2 is 2.20 bits per heavy atom. The van der Waals surface area contributed by atoms with Gasteiger partial charge in [0.1, 0.15) is 0 Å². The maximum absolute atomic E-state index is 10.8. The number of rotatable bonds is 4. The number of hydrogen-bond donors (Lipinski definition) is 2. The minimum absolute atomic E-state index is 0.215. The van der Waals surface area contributed by atoms with Crippen LogP contribution < -0.4 is 5.32 Å². The third-order valence-corrected chi connectivity index (χ3v) is 2.22. The highest BCUT2D eigenvalue weighted by Gasteiger charge is 2.05. The highest BCUT2D eigenvalue weighted by Crippen LogP contribution is 2.20. The van der Waals surface area contributed by atoms with Crippen LogP contribution in [0.5, 0.6) is 0 Å². The highest BCUT2D eigenvalue weighted by atomic mass is 79.9. The van der Waals surface area contributed by atoms with Crippen LogP contribution in [0.1, 0.15) is 10.4 Å². The molecule has 3 nitrogen and oxygen atoms in total. The smallest absolute Gasteiger partial charge is 0.335 e. The number of benzene rings is 1. The summed E-state index contributed by atoms with van der Waals surface area (Å²) in [5, 5.41) is 12.2. The lowest BCUT2D eigenvalue weighted by molar-refractivity contribution is 0.0697. The molecule has 0 saturated heterocycles. The standard InChI is InChI=1S/C10H9BrClNO2/c1-6(12)5-13-9-3-7(10(14)15)2-8(11)4-9/h2-4,13H,1,5H2,(H,14,15). The third kappa shape index (κ3) is 3.93. The van der Waals surface area contributed by atoms with Crippen LogP contribution in [0.3, 0.4) is 0 Å². The molecule has 15 heavy (non-hydrogen) atoms. The molecule has 1 aromatic rings. The van der Waals surface area contributed by atoms with Gasteiger partial charge in [-0.25, -0.2) is 4.79 Å². The van der Waals surface area contributed by atoms with Gasteiger partial charge in [-0.15, -0.1) is 0 Å². The van der Waals surface area contributed by atoms with E-state index in [1.807, 2.05) is 0 Å². The lowest BCUT2D eigenvalue weighted by Crippen LogP contribution is -2.03. The quantitative estimate of drug-likeness (QED) is 0.894. The normalized spacial score (nSPS) is 9.73. The Hall–Kier alpha value is -1.00. The van der Waals surface area contributed by atoms with Gasteiger partial charge in [-0.3, -0.25) is 0 Å². The van der Waals surface area contributed by atoms with E-state index in [9.17, 15) is 4.79 Å². The van der Waals surface area contributed by atoms with E-state index >= 15 is 0 Å². The molecule has 0 heterocycles. The molecule has 0 saturated carbocycles. The minimum Gasteiger partial charge on any atom is -0.478 e. The van der Waals surface area contributed by atoms with Crippen LogP contribution in [0.2, 0.25) is 0 Å². The van der Waals surface area contributed by atoms with E-state index in [2.05, 4.69) is 27.8 Å². The average Bonchev–Trinajstić information content (AvgIpc) is 2.13. The summed E-state index contributed by atoms with van der Waals surface area (Å²) in [5.41, 5.74) is 0.899. The van der Waals surface area contributed by atoms with Crippen LogP contribution in [0.15, 0.2) is 34.3 Å². The molecule has 0 aliphatic carbocycles. The molecule has 0 unspecified atom stereocenters. The van der Waals surface area contributed by atoms with E-state index in [-0.39, 0.29) is 5.56 Å². The molecule has 80 valence electrons. The average molecular weight is 291 g/mol. The fourth-order valence-corrected chi connectivity index (χ4v) is 1.57. The van der Waals surface area contributed by atoms with E-state index < -0.39 is 5.97 Å². The summed E-state index contributed by atoms with van der Waals surface area (Å²) >= 11 is 8.81. The first kappa shape index (κ1) is 12.1. The van der Waals surface area contributed by atoms with Crippen LogP contribution in [-0.4, -0.2) is 17.6 Å². The van der Waals surface area contributed by atoms with E-state index in [0.29, 0.717) is 21.7 Å². The Kier molecular flexibility index (Phi) is 4.17. The number of nitrogens with one attached hydrogen (secondary N) is 1. The van der Waals surface area contributed by atoms with E-state index in [1.54, 1.807) is 6.07 Å². The first-order valence-electron chi connectivity index (χ1n) is 4.10. The zero-order valence-corrected chi connectivity index (χ0v) is 10.1. The van der Waals surface area contributed by atoms with E-state index in [0.717, 1.165) is 0 Å². The van der Waals surface area contributed by atoms with E-state index in [1.165, 1.54) is 12.1 Å². The molecule has 0 radical (unpaired) electrons.